The molecule has 0 heterocycles. The topological polar surface area (TPSA) is 55.8 Å². The van der Waals surface area contributed by atoms with E-state index in [2.05, 4.69) is 0 Å². The molecule has 0 N–H and O–H groups in total. The highest BCUT2D eigenvalue weighted by atomic mass is 16.6. The molecule has 0 aliphatic rings. The fraction of sp³-hybridized carbons (Fsp3) is 0.818. The largest absolute Gasteiger partial charge is 0.465 e. The van der Waals surface area contributed by atoms with Crippen molar-refractivity contribution in [1.29, 1.82) is 0 Å². The van der Waals surface area contributed by atoms with Crippen LogP contribution in [-0.4, -0.2) is 42.3 Å². The molecule has 0 aromatic carbocycles. The first-order chi connectivity index (χ1) is 7.32. The van der Waals surface area contributed by atoms with Gasteiger partial charge in [0.2, 0.25) is 0 Å². The minimum atomic E-state index is -0.497. The number of carbonyl (C=O) groups excluding carboxylic acids is 2. The second kappa shape index (κ2) is 6.35. The third-order valence-electron chi connectivity index (χ3n) is 1.89. The number of amides is 1. The van der Waals surface area contributed by atoms with Crippen molar-refractivity contribution in [2.75, 3.05) is 19.8 Å². The van der Waals surface area contributed by atoms with Crippen molar-refractivity contribution in [1.82, 2.24) is 4.90 Å². The van der Waals surface area contributed by atoms with E-state index in [0.717, 1.165) is 0 Å². The van der Waals surface area contributed by atoms with Crippen LogP contribution in [0.5, 0.6) is 0 Å². The summed E-state index contributed by atoms with van der Waals surface area (Å²) in [5, 5.41) is 0. The second-order valence-corrected chi connectivity index (χ2v) is 4.26. The molecule has 0 saturated heterocycles. The van der Waals surface area contributed by atoms with Crippen LogP contribution in [0.25, 0.3) is 0 Å². The molecule has 0 aliphatic heterocycles. The zero-order valence-corrected chi connectivity index (χ0v) is 10.7. The number of hydrogen-bond acceptors (Lipinski definition) is 4. The quantitative estimate of drug-likeness (QED) is 0.692. The molecule has 0 aromatic rings. The molecule has 0 bridgehead atoms. The van der Waals surface area contributed by atoms with Crippen molar-refractivity contribution in [3.05, 3.63) is 0 Å². The predicted molar refractivity (Wildman–Crippen MR) is 60.1 cm³/mol. The van der Waals surface area contributed by atoms with E-state index in [1.54, 1.807) is 13.8 Å². The van der Waals surface area contributed by atoms with Gasteiger partial charge in [-0.3, -0.25) is 9.69 Å². The standard InChI is InChI=1S/C11H21NO4/c1-6-15-9(13)8-12(11(3,4)5)10(14)16-7-2/h6-8H2,1-5H3. The Labute approximate surface area is 96.7 Å². The first kappa shape index (κ1) is 14.7. The Morgan fingerprint density at radius 2 is 1.56 bits per heavy atom. The molecule has 0 rings (SSSR count). The molecule has 0 unspecified atom stereocenters. The van der Waals surface area contributed by atoms with Gasteiger partial charge in [-0.2, -0.15) is 0 Å². The number of ether oxygens (including phenoxy) is 2. The summed E-state index contributed by atoms with van der Waals surface area (Å²) in [6.07, 6.45) is -0.497. The Bertz CT molecular complexity index is 245. The summed E-state index contributed by atoms with van der Waals surface area (Å²) in [6.45, 7) is 9.46. The van der Waals surface area contributed by atoms with Gasteiger partial charge in [-0.25, -0.2) is 4.79 Å². The lowest BCUT2D eigenvalue weighted by Gasteiger charge is -2.33. The second-order valence-electron chi connectivity index (χ2n) is 4.26. The van der Waals surface area contributed by atoms with E-state index in [9.17, 15) is 9.59 Å². The minimum Gasteiger partial charge on any atom is -0.465 e. The minimum absolute atomic E-state index is 0.0871. The molecular formula is C11H21NO4. The SMILES string of the molecule is CCOC(=O)CN(C(=O)OCC)C(C)(C)C. The third-order valence-corrected chi connectivity index (χ3v) is 1.89. The molecular weight excluding hydrogens is 210 g/mol. The third kappa shape index (κ3) is 5.00. The highest BCUT2D eigenvalue weighted by molar-refractivity contribution is 5.78. The van der Waals surface area contributed by atoms with Crippen LogP contribution in [0.3, 0.4) is 0 Å². The predicted octanol–water partition coefficient (Wildman–Crippen LogP) is 1.81. The molecule has 94 valence electrons. The van der Waals surface area contributed by atoms with Gasteiger partial charge in [0.15, 0.2) is 0 Å². The van der Waals surface area contributed by atoms with E-state index in [4.69, 9.17) is 9.47 Å². The van der Waals surface area contributed by atoms with Crippen LogP contribution < -0.4 is 0 Å². The van der Waals surface area contributed by atoms with Gasteiger partial charge in [0.1, 0.15) is 6.54 Å². The maximum Gasteiger partial charge on any atom is 0.410 e. The zero-order valence-electron chi connectivity index (χ0n) is 10.7. The van der Waals surface area contributed by atoms with Crippen molar-refractivity contribution in [2.24, 2.45) is 0 Å². The number of nitrogens with zero attached hydrogens (tertiary/aromatic N) is 1. The van der Waals surface area contributed by atoms with Crippen LogP contribution >= 0.6 is 0 Å². The number of carbonyl (C=O) groups is 2. The zero-order chi connectivity index (χ0) is 12.8. The van der Waals surface area contributed by atoms with Crippen LogP contribution in [0.4, 0.5) is 4.79 Å². The van der Waals surface area contributed by atoms with Gasteiger partial charge >= 0.3 is 12.1 Å². The van der Waals surface area contributed by atoms with Crippen LogP contribution in [0.15, 0.2) is 0 Å². The van der Waals surface area contributed by atoms with Crippen molar-refractivity contribution >= 4 is 12.1 Å². The van der Waals surface area contributed by atoms with E-state index in [1.807, 2.05) is 20.8 Å². The van der Waals surface area contributed by atoms with Crippen LogP contribution in [0.1, 0.15) is 34.6 Å². The van der Waals surface area contributed by atoms with E-state index in [-0.39, 0.29) is 13.2 Å². The highest BCUT2D eigenvalue weighted by Crippen LogP contribution is 2.14. The average Bonchev–Trinajstić information content (AvgIpc) is 2.13. The van der Waals surface area contributed by atoms with Gasteiger partial charge in [-0.05, 0) is 34.6 Å². The lowest BCUT2D eigenvalue weighted by Crippen LogP contribution is -2.48. The molecule has 0 spiro atoms. The summed E-state index contributed by atoms with van der Waals surface area (Å²) in [6, 6.07) is 0. The number of hydrogen-bond donors (Lipinski definition) is 0. The molecule has 5 nitrogen and oxygen atoms in total. The smallest absolute Gasteiger partial charge is 0.410 e. The Morgan fingerprint density at radius 3 is 1.94 bits per heavy atom. The van der Waals surface area contributed by atoms with Crippen molar-refractivity contribution in [3.8, 4) is 0 Å². The van der Waals surface area contributed by atoms with E-state index < -0.39 is 17.6 Å². The normalized spacial score (nSPS) is 10.8. The van der Waals surface area contributed by atoms with Gasteiger partial charge in [0, 0.05) is 5.54 Å². The van der Waals surface area contributed by atoms with Gasteiger partial charge < -0.3 is 9.47 Å². The van der Waals surface area contributed by atoms with Crippen LogP contribution in [0.2, 0.25) is 0 Å². The number of esters is 1. The summed E-state index contributed by atoms with van der Waals surface area (Å²) in [7, 11) is 0. The van der Waals surface area contributed by atoms with Gasteiger partial charge in [0.25, 0.3) is 0 Å². The Morgan fingerprint density at radius 1 is 1.06 bits per heavy atom. The Balaban J connectivity index is 4.57. The van der Waals surface area contributed by atoms with Crippen LogP contribution in [-0.2, 0) is 14.3 Å². The van der Waals surface area contributed by atoms with Crippen molar-refractivity contribution in [2.45, 2.75) is 40.2 Å². The molecule has 0 aromatic heterocycles. The van der Waals surface area contributed by atoms with E-state index in [1.165, 1.54) is 4.90 Å². The highest BCUT2D eigenvalue weighted by Gasteiger charge is 2.29. The summed E-state index contributed by atoms with van der Waals surface area (Å²) in [4.78, 5) is 24.3. The molecule has 0 aliphatic carbocycles. The van der Waals surface area contributed by atoms with Crippen molar-refractivity contribution < 1.29 is 19.1 Å². The van der Waals surface area contributed by atoms with Gasteiger partial charge in [-0.1, -0.05) is 0 Å². The molecule has 0 radical (unpaired) electrons. The molecule has 1 amide bonds. The summed E-state index contributed by atoms with van der Waals surface area (Å²) >= 11 is 0. The summed E-state index contributed by atoms with van der Waals surface area (Å²) in [5.41, 5.74) is -0.473. The lowest BCUT2D eigenvalue weighted by molar-refractivity contribution is -0.145. The molecule has 0 saturated carbocycles. The maximum atomic E-state index is 11.6. The molecule has 16 heavy (non-hydrogen) atoms. The fourth-order valence-corrected chi connectivity index (χ4v) is 1.11. The van der Waals surface area contributed by atoms with E-state index in [0.29, 0.717) is 6.61 Å². The van der Waals surface area contributed by atoms with Gasteiger partial charge in [-0.15, -0.1) is 0 Å². The van der Waals surface area contributed by atoms with Gasteiger partial charge in [0.05, 0.1) is 13.2 Å². The first-order valence-corrected chi connectivity index (χ1v) is 5.43. The lowest BCUT2D eigenvalue weighted by atomic mass is 10.1. The first-order valence-electron chi connectivity index (χ1n) is 5.43. The average molecular weight is 231 g/mol. The molecule has 5 heteroatoms. The maximum absolute atomic E-state index is 11.6. The monoisotopic (exact) mass is 231 g/mol. The Kier molecular flexibility index (Phi) is 5.85. The van der Waals surface area contributed by atoms with E-state index >= 15 is 0 Å². The fourth-order valence-electron chi connectivity index (χ4n) is 1.11. The Hall–Kier alpha value is -1.26. The summed E-state index contributed by atoms with van der Waals surface area (Å²) in [5.74, 6) is -0.425. The van der Waals surface area contributed by atoms with Crippen molar-refractivity contribution in [3.63, 3.8) is 0 Å². The number of rotatable bonds is 4. The molecule has 0 atom stereocenters. The molecule has 0 fully saturated rings. The van der Waals surface area contributed by atoms with Crippen LogP contribution in [0, 0.1) is 0 Å². The summed E-state index contributed by atoms with van der Waals surface area (Å²) < 4.78 is 9.70.